The molecule has 1 amide bonds. The van der Waals surface area contributed by atoms with Crippen LogP contribution in [-0.4, -0.2) is 52.0 Å². The number of nitrogens with zero attached hydrogens (tertiary/aromatic N) is 4. The van der Waals surface area contributed by atoms with Crippen LogP contribution in [0.4, 0.5) is 4.39 Å². The molecule has 2 aromatic carbocycles. The number of carbonyl (C=O) groups is 1. The Balaban J connectivity index is 1.20. The first-order valence-electron chi connectivity index (χ1n) is 10.7. The van der Waals surface area contributed by atoms with Crippen LogP contribution in [0.15, 0.2) is 53.1 Å². The maximum absolute atomic E-state index is 13.0. The second-order valence-corrected chi connectivity index (χ2v) is 7.96. The second-order valence-electron chi connectivity index (χ2n) is 7.96. The van der Waals surface area contributed by atoms with E-state index in [1.54, 1.807) is 12.1 Å². The molecule has 2 heterocycles. The van der Waals surface area contributed by atoms with Gasteiger partial charge in [0.25, 0.3) is 0 Å². The molecule has 1 aromatic heterocycles. The largest absolute Gasteiger partial charge is 0.340 e. The molecular formula is C24H27FN4O2. The first kappa shape index (κ1) is 21.2. The number of aromatic nitrogens is 2. The molecule has 0 atom stereocenters. The highest BCUT2D eigenvalue weighted by Gasteiger charge is 2.21. The molecule has 0 aliphatic carbocycles. The molecule has 31 heavy (non-hydrogen) atoms. The summed E-state index contributed by atoms with van der Waals surface area (Å²) < 4.78 is 18.3. The predicted octanol–water partition coefficient (Wildman–Crippen LogP) is 3.85. The third-order valence-corrected chi connectivity index (χ3v) is 5.73. The molecule has 0 N–H and O–H groups in total. The summed E-state index contributed by atoms with van der Waals surface area (Å²) in [4.78, 5) is 21.3. The Morgan fingerprint density at radius 1 is 1.06 bits per heavy atom. The highest BCUT2D eigenvalue weighted by Crippen LogP contribution is 2.17. The number of rotatable bonds is 7. The quantitative estimate of drug-likeness (QED) is 0.579. The summed E-state index contributed by atoms with van der Waals surface area (Å²) in [5.41, 5.74) is 3.36. The summed E-state index contributed by atoms with van der Waals surface area (Å²) in [6.45, 7) is 6.39. The third-order valence-electron chi connectivity index (χ3n) is 5.73. The van der Waals surface area contributed by atoms with Crippen LogP contribution in [0.5, 0.6) is 0 Å². The number of carbonyl (C=O) groups excluding carboxylic acids is 1. The molecule has 0 saturated carbocycles. The molecule has 4 rings (SSSR count). The van der Waals surface area contributed by atoms with E-state index in [9.17, 15) is 9.18 Å². The zero-order valence-corrected chi connectivity index (χ0v) is 17.8. The normalized spacial score (nSPS) is 14.7. The summed E-state index contributed by atoms with van der Waals surface area (Å²) in [6, 6.07) is 14.4. The van der Waals surface area contributed by atoms with E-state index in [1.165, 1.54) is 23.3 Å². The lowest BCUT2D eigenvalue weighted by Gasteiger charge is -2.35. The van der Waals surface area contributed by atoms with Crippen molar-refractivity contribution in [3.05, 3.63) is 71.4 Å². The Bertz CT molecular complexity index is 1010. The fourth-order valence-corrected chi connectivity index (χ4v) is 3.81. The Morgan fingerprint density at radius 2 is 1.81 bits per heavy atom. The van der Waals surface area contributed by atoms with Crippen LogP contribution in [0.3, 0.4) is 0 Å². The number of hydrogen-bond donors (Lipinski definition) is 0. The minimum Gasteiger partial charge on any atom is -0.340 e. The molecular weight excluding hydrogens is 395 g/mol. The molecule has 6 nitrogen and oxygen atoms in total. The Labute approximate surface area is 181 Å². The van der Waals surface area contributed by atoms with Crippen LogP contribution in [0.25, 0.3) is 11.4 Å². The smallest absolute Gasteiger partial charge is 0.226 e. The molecule has 0 bridgehead atoms. The van der Waals surface area contributed by atoms with Crippen molar-refractivity contribution >= 4 is 5.91 Å². The van der Waals surface area contributed by atoms with Crippen molar-refractivity contribution in [2.24, 2.45) is 0 Å². The van der Waals surface area contributed by atoms with E-state index >= 15 is 0 Å². The second kappa shape index (κ2) is 9.83. The van der Waals surface area contributed by atoms with E-state index in [1.807, 2.05) is 4.90 Å². The van der Waals surface area contributed by atoms with Gasteiger partial charge in [-0.05, 0) is 48.7 Å². The van der Waals surface area contributed by atoms with Gasteiger partial charge in [0.1, 0.15) is 5.82 Å². The SMILES string of the molecule is Cc1ccccc1CN1CCN(C(=O)CCCc2nc(-c3ccc(F)cc3)no2)CC1. The maximum Gasteiger partial charge on any atom is 0.226 e. The number of hydrogen-bond acceptors (Lipinski definition) is 5. The van der Waals surface area contributed by atoms with Crippen molar-refractivity contribution in [3.8, 4) is 11.4 Å². The van der Waals surface area contributed by atoms with Crippen molar-refractivity contribution < 1.29 is 13.7 Å². The Morgan fingerprint density at radius 3 is 2.55 bits per heavy atom. The van der Waals surface area contributed by atoms with Crippen molar-refractivity contribution in [1.82, 2.24) is 19.9 Å². The van der Waals surface area contributed by atoms with Crippen LogP contribution in [0.2, 0.25) is 0 Å². The number of amides is 1. The van der Waals surface area contributed by atoms with E-state index in [0.717, 1.165) is 32.7 Å². The Kier molecular flexibility index (Phi) is 6.72. The summed E-state index contributed by atoms with van der Waals surface area (Å²) in [5, 5.41) is 3.94. The lowest BCUT2D eigenvalue weighted by atomic mass is 10.1. The third kappa shape index (κ3) is 5.55. The fourth-order valence-electron chi connectivity index (χ4n) is 3.81. The zero-order valence-electron chi connectivity index (χ0n) is 17.8. The molecule has 0 spiro atoms. The molecule has 7 heteroatoms. The molecule has 0 radical (unpaired) electrons. The van der Waals surface area contributed by atoms with Gasteiger partial charge in [0.05, 0.1) is 0 Å². The van der Waals surface area contributed by atoms with Gasteiger partial charge in [0, 0.05) is 51.1 Å². The highest BCUT2D eigenvalue weighted by molar-refractivity contribution is 5.76. The van der Waals surface area contributed by atoms with Gasteiger partial charge in [-0.25, -0.2) is 4.39 Å². The van der Waals surface area contributed by atoms with E-state index in [2.05, 4.69) is 46.2 Å². The summed E-state index contributed by atoms with van der Waals surface area (Å²) >= 11 is 0. The van der Waals surface area contributed by atoms with Crippen LogP contribution in [0, 0.1) is 12.7 Å². The molecule has 162 valence electrons. The molecule has 1 aliphatic heterocycles. The average Bonchev–Trinajstić information content (AvgIpc) is 3.25. The summed E-state index contributed by atoms with van der Waals surface area (Å²) in [6.07, 6.45) is 1.67. The van der Waals surface area contributed by atoms with E-state index < -0.39 is 0 Å². The van der Waals surface area contributed by atoms with Crippen molar-refractivity contribution in [2.75, 3.05) is 26.2 Å². The average molecular weight is 423 g/mol. The number of benzene rings is 2. The van der Waals surface area contributed by atoms with Crippen molar-refractivity contribution in [2.45, 2.75) is 32.7 Å². The standard InChI is InChI=1S/C24H27FN4O2/c1-18-5-2-3-6-20(18)17-28-13-15-29(16-14-28)23(30)8-4-7-22-26-24(27-31-22)19-9-11-21(25)12-10-19/h2-3,5-6,9-12H,4,7-8,13-17H2,1H3. The van der Waals surface area contributed by atoms with Crippen LogP contribution in [-0.2, 0) is 17.8 Å². The summed E-state index contributed by atoms with van der Waals surface area (Å²) in [5.74, 6) is 0.803. The molecule has 3 aromatic rings. The molecule has 1 fully saturated rings. The molecule has 1 saturated heterocycles. The first-order valence-corrected chi connectivity index (χ1v) is 10.7. The highest BCUT2D eigenvalue weighted by atomic mass is 19.1. The van der Waals surface area contributed by atoms with Gasteiger partial charge in [-0.3, -0.25) is 9.69 Å². The van der Waals surface area contributed by atoms with Crippen molar-refractivity contribution in [1.29, 1.82) is 0 Å². The van der Waals surface area contributed by atoms with Crippen LogP contribution in [0.1, 0.15) is 29.9 Å². The van der Waals surface area contributed by atoms with Gasteiger partial charge in [-0.1, -0.05) is 29.4 Å². The van der Waals surface area contributed by atoms with E-state index in [4.69, 9.17) is 4.52 Å². The Hall–Kier alpha value is -3.06. The fraction of sp³-hybridized carbons (Fsp3) is 0.375. The van der Waals surface area contributed by atoms with E-state index in [0.29, 0.717) is 36.5 Å². The van der Waals surface area contributed by atoms with Gasteiger partial charge < -0.3 is 9.42 Å². The van der Waals surface area contributed by atoms with E-state index in [-0.39, 0.29) is 11.7 Å². The van der Waals surface area contributed by atoms with Gasteiger partial charge in [0.2, 0.25) is 17.6 Å². The lowest BCUT2D eigenvalue weighted by Crippen LogP contribution is -2.48. The van der Waals surface area contributed by atoms with Gasteiger partial charge >= 0.3 is 0 Å². The minimum atomic E-state index is -0.304. The topological polar surface area (TPSA) is 62.5 Å². The van der Waals surface area contributed by atoms with Gasteiger partial charge in [-0.2, -0.15) is 4.98 Å². The molecule has 0 unspecified atom stereocenters. The predicted molar refractivity (Wildman–Crippen MR) is 116 cm³/mol. The van der Waals surface area contributed by atoms with Crippen LogP contribution < -0.4 is 0 Å². The number of halogens is 1. The van der Waals surface area contributed by atoms with Crippen LogP contribution >= 0.6 is 0 Å². The lowest BCUT2D eigenvalue weighted by molar-refractivity contribution is -0.133. The first-order chi connectivity index (χ1) is 15.1. The van der Waals surface area contributed by atoms with Crippen molar-refractivity contribution in [3.63, 3.8) is 0 Å². The van der Waals surface area contributed by atoms with Gasteiger partial charge in [0.15, 0.2) is 0 Å². The van der Waals surface area contributed by atoms with Gasteiger partial charge in [-0.15, -0.1) is 0 Å². The zero-order chi connectivity index (χ0) is 21.6. The monoisotopic (exact) mass is 422 g/mol. The minimum absolute atomic E-state index is 0.175. The number of piperazine rings is 1. The number of aryl methyl sites for hydroxylation is 2. The molecule has 1 aliphatic rings. The summed E-state index contributed by atoms with van der Waals surface area (Å²) in [7, 11) is 0. The maximum atomic E-state index is 13.0.